The fraction of sp³-hybridized carbons (Fsp3) is 0.217. The Kier molecular flexibility index (Phi) is 5.62. The Morgan fingerprint density at radius 3 is 2.69 bits per heavy atom. The topological polar surface area (TPSA) is 71.9 Å². The van der Waals surface area contributed by atoms with Crippen molar-refractivity contribution in [3.63, 3.8) is 0 Å². The summed E-state index contributed by atoms with van der Waals surface area (Å²) in [6.45, 7) is 1.03. The summed E-state index contributed by atoms with van der Waals surface area (Å²) in [5, 5.41) is 11.1. The lowest BCUT2D eigenvalue weighted by molar-refractivity contribution is 0.571. The van der Waals surface area contributed by atoms with Gasteiger partial charge in [-0.15, -0.1) is 0 Å². The molecule has 6 nitrogen and oxygen atoms in total. The second-order valence-electron chi connectivity index (χ2n) is 7.86. The molecule has 4 aromatic rings. The van der Waals surface area contributed by atoms with E-state index in [0.717, 1.165) is 22.0 Å². The van der Waals surface area contributed by atoms with Gasteiger partial charge in [-0.1, -0.05) is 41.9 Å². The molecule has 0 aliphatic carbocycles. The Morgan fingerprint density at radius 2 is 1.88 bits per heavy atom. The quantitative estimate of drug-likeness (QED) is 0.329. The highest BCUT2D eigenvalue weighted by molar-refractivity contribution is 7.71. The lowest BCUT2D eigenvalue weighted by atomic mass is 10.0. The van der Waals surface area contributed by atoms with Crippen molar-refractivity contribution in [3.8, 4) is 0 Å². The Hall–Kier alpha value is -2.89. The second-order valence-corrected chi connectivity index (χ2v) is 11.4. The minimum atomic E-state index is -2.88. The van der Waals surface area contributed by atoms with Crippen LogP contribution in [0.15, 0.2) is 61.1 Å². The standard InChI is InChI=1S/C23H20ClFN5OP/c24-22-13-23(27-15-26-22)30-7-9-32(31,10-8-30)21-12-16(5-6-19(21)25)11-20-18-4-2-1-3-17(18)14-28-29-20/h1-6,12-15H,7-11H2. The predicted octanol–water partition coefficient (Wildman–Crippen LogP) is 4.31. The monoisotopic (exact) mass is 467 g/mol. The first-order valence-electron chi connectivity index (χ1n) is 10.3. The molecule has 0 N–H and O–H groups in total. The van der Waals surface area contributed by atoms with Gasteiger partial charge in [-0.05, 0) is 17.7 Å². The maximum absolute atomic E-state index is 14.8. The molecule has 3 heterocycles. The number of benzene rings is 2. The number of fused-ring (bicyclic) bond motifs is 1. The number of aromatic nitrogens is 4. The fourth-order valence-corrected chi connectivity index (χ4v) is 6.99. The maximum atomic E-state index is 14.8. The molecule has 0 saturated carbocycles. The van der Waals surface area contributed by atoms with Crippen molar-refractivity contribution in [1.82, 2.24) is 20.2 Å². The summed E-state index contributed by atoms with van der Waals surface area (Å²) in [5.74, 6) is 0.277. The summed E-state index contributed by atoms with van der Waals surface area (Å²) in [5.41, 5.74) is 1.68. The minimum Gasteiger partial charge on any atom is -0.356 e. The number of rotatable bonds is 4. The van der Waals surface area contributed by atoms with Crippen molar-refractivity contribution < 1.29 is 8.96 Å². The van der Waals surface area contributed by atoms with E-state index < -0.39 is 13.0 Å². The first-order chi connectivity index (χ1) is 15.5. The Balaban J connectivity index is 1.40. The molecule has 0 radical (unpaired) electrons. The molecule has 5 rings (SSSR count). The highest BCUT2D eigenvalue weighted by Crippen LogP contribution is 2.47. The van der Waals surface area contributed by atoms with Gasteiger partial charge in [0.1, 0.15) is 30.3 Å². The molecule has 162 valence electrons. The summed E-state index contributed by atoms with van der Waals surface area (Å²) in [6.07, 6.45) is 4.39. The van der Waals surface area contributed by atoms with E-state index >= 15 is 0 Å². The van der Waals surface area contributed by atoms with Crippen LogP contribution in [0, 0.1) is 5.82 Å². The van der Waals surface area contributed by atoms with Gasteiger partial charge in [-0.2, -0.15) is 10.2 Å². The van der Waals surface area contributed by atoms with Crippen LogP contribution in [-0.2, 0) is 11.0 Å². The lowest BCUT2D eigenvalue weighted by Gasteiger charge is -2.33. The normalized spacial score (nSPS) is 15.8. The number of hydrogen-bond donors (Lipinski definition) is 0. The van der Waals surface area contributed by atoms with Crippen molar-refractivity contribution in [1.29, 1.82) is 0 Å². The van der Waals surface area contributed by atoms with Gasteiger partial charge in [0.2, 0.25) is 0 Å². The van der Waals surface area contributed by atoms with Crippen molar-refractivity contribution in [3.05, 3.63) is 83.3 Å². The zero-order valence-corrected chi connectivity index (χ0v) is 18.8. The summed E-state index contributed by atoms with van der Waals surface area (Å²) in [7, 11) is -2.88. The van der Waals surface area contributed by atoms with Crippen molar-refractivity contribution in [2.24, 2.45) is 0 Å². The Morgan fingerprint density at radius 1 is 1.06 bits per heavy atom. The lowest BCUT2D eigenvalue weighted by Crippen LogP contribution is -2.38. The number of anilines is 1. The van der Waals surface area contributed by atoms with Gasteiger partial charge in [0.05, 0.1) is 11.9 Å². The van der Waals surface area contributed by atoms with Crippen LogP contribution in [0.3, 0.4) is 0 Å². The van der Waals surface area contributed by atoms with Crippen LogP contribution in [0.5, 0.6) is 0 Å². The van der Waals surface area contributed by atoms with Crippen LogP contribution < -0.4 is 10.2 Å². The molecule has 2 aromatic heterocycles. The zero-order valence-electron chi connectivity index (χ0n) is 17.2. The van der Waals surface area contributed by atoms with E-state index in [4.69, 9.17) is 11.6 Å². The van der Waals surface area contributed by atoms with E-state index in [2.05, 4.69) is 20.2 Å². The predicted molar refractivity (Wildman–Crippen MR) is 125 cm³/mol. The van der Waals surface area contributed by atoms with Gasteiger partial charge in [-0.3, -0.25) is 0 Å². The molecule has 0 amide bonds. The summed E-state index contributed by atoms with van der Waals surface area (Å²) >= 11 is 5.97. The van der Waals surface area contributed by atoms with Crippen LogP contribution in [0.25, 0.3) is 10.8 Å². The first kappa shape index (κ1) is 21.0. The van der Waals surface area contributed by atoms with Crippen molar-refractivity contribution in [2.45, 2.75) is 6.42 Å². The maximum Gasteiger partial charge on any atom is 0.134 e. The third kappa shape index (κ3) is 4.10. The Labute approximate surface area is 189 Å². The van der Waals surface area contributed by atoms with E-state index in [-0.39, 0.29) is 0 Å². The highest BCUT2D eigenvalue weighted by atomic mass is 35.5. The number of hydrogen-bond acceptors (Lipinski definition) is 6. The summed E-state index contributed by atoms with van der Waals surface area (Å²) in [6, 6.07) is 14.5. The largest absolute Gasteiger partial charge is 0.356 e. The van der Waals surface area contributed by atoms with Gasteiger partial charge in [0.15, 0.2) is 0 Å². The van der Waals surface area contributed by atoms with E-state index in [1.54, 1.807) is 24.4 Å². The average Bonchev–Trinajstić information content (AvgIpc) is 2.81. The smallest absolute Gasteiger partial charge is 0.134 e. The van der Waals surface area contributed by atoms with Gasteiger partial charge in [0.25, 0.3) is 0 Å². The molecule has 32 heavy (non-hydrogen) atoms. The van der Waals surface area contributed by atoms with E-state index in [0.29, 0.717) is 48.1 Å². The van der Waals surface area contributed by atoms with E-state index in [9.17, 15) is 8.96 Å². The van der Waals surface area contributed by atoms with Gasteiger partial charge < -0.3 is 9.46 Å². The third-order valence-corrected chi connectivity index (χ3v) is 9.15. The molecular formula is C23H20ClFN5OP. The van der Waals surface area contributed by atoms with Crippen molar-refractivity contribution >= 4 is 40.6 Å². The molecular weight excluding hydrogens is 448 g/mol. The van der Waals surface area contributed by atoms with E-state index in [1.165, 1.54) is 12.4 Å². The summed E-state index contributed by atoms with van der Waals surface area (Å²) < 4.78 is 28.6. The third-order valence-electron chi connectivity index (χ3n) is 5.87. The van der Waals surface area contributed by atoms with Crippen LogP contribution in [0.4, 0.5) is 10.2 Å². The van der Waals surface area contributed by atoms with Crippen LogP contribution in [-0.4, -0.2) is 45.6 Å². The minimum absolute atomic E-state index is 0.323. The molecule has 1 fully saturated rings. The van der Waals surface area contributed by atoms with Gasteiger partial charge >= 0.3 is 0 Å². The zero-order chi connectivity index (χ0) is 22.1. The molecule has 1 aliphatic rings. The van der Waals surface area contributed by atoms with E-state index in [1.807, 2.05) is 29.2 Å². The average molecular weight is 468 g/mol. The second kappa shape index (κ2) is 8.57. The molecule has 0 atom stereocenters. The molecule has 9 heteroatoms. The molecule has 0 bridgehead atoms. The highest BCUT2D eigenvalue weighted by Gasteiger charge is 2.33. The SMILES string of the molecule is O=P1(c2cc(Cc3nncc4ccccc34)ccc2F)CCN(c2cc(Cl)ncn2)CC1. The Bertz CT molecular complexity index is 1330. The molecule has 0 unspecified atom stereocenters. The van der Waals surface area contributed by atoms with Gasteiger partial charge in [-0.25, -0.2) is 14.4 Å². The molecule has 0 spiro atoms. The van der Waals surface area contributed by atoms with Crippen LogP contribution in [0.1, 0.15) is 11.3 Å². The molecule has 1 aliphatic heterocycles. The van der Waals surface area contributed by atoms with Gasteiger partial charge in [0, 0.05) is 54.0 Å². The first-order valence-corrected chi connectivity index (χ1v) is 12.8. The number of nitrogens with zero attached hydrogens (tertiary/aromatic N) is 5. The number of halogens is 2. The van der Waals surface area contributed by atoms with Crippen molar-refractivity contribution in [2.75, 3.05) is 30.3 Å². The molecule has 1 saturated heterocycles. The molecule has 2 aromatic carbocycles. The fourth-order valence-electron chi connectivity index (χ4n) is 4.15. The van der Waals surface area contributed by atoms with Crippen LogP contribution in [0.2, 0.25) is 5.15 Å². The van der Waals surface area contributed by atoms with Crippen LogP contribution >= 0.6 is 18.7 Å². The summed E-state index contributed by atoms with van der Waals surface area (Å²) in [4.78, 5) is 10.2.